The Hall–Kier alpha value is -2.70. The molecule has 0 bridgehead atoms. The van der Waals surface area contributed by atoms with Crippen molar-refractivity contribution in [3.8, 4) is 0 Å². The second-order valence-electron chi connectivity index (χ2n) is 7.50. The number of hydrogen-bond acceptors (Lipinski definition) is 4. The minimum Gasteiger partial charge on any atom is -0.361 e. The summed E-state index contributed by atoms with van der Waals surface area (Å²) in [6, 6.07) is 8.15. The molecule has 0 radical (unpaired) electrons. The van der Waals surface area contributed by atoms with Crippen molar-refractivity contribution >= 4 is 11.8 Å². The van der Waals surface area contributed by atoms with Crippen LogP contribution >= 0.6 is 0 Å². The average Bonchev–Trinajstić information content (AvgIpc) is 3.28. The van der Waals surface area contributed by atoms with Crippen LogP contribution in [-0.4, -0.2) is 46.4 Å². The van der Waals surface area contributed by atoms with Crippen molar-refractivity contribution in [2.75, 3.05) is 19.6 Å². The van der Waals surface area contributed by atoms with Crippen molar-refractivity contribution in [3.63, 3.8) is 0 Å². The molecule has 2 fully saturated rings. The fourth-order valence-corrected chi connectivity index (χ4v) is 4.19. The van der Waals surface area contributed by atoms with Crippen molar-refractivity contribution in [1.29, 1.82) is 0 Å². The minimum atomic E-state index is -0.571. The fraction of sp³-hybridized carbons (Fsp3) is 0.450. The normalized spacial score (nSPS) is 22.7. The number of rotatable bonds is 3. The molecule has 7 heteroatoms. The number of nitrogens with zero attached hydrogens (tertiary/aromatic N) is 3. The molecule has 0 N–H and O–H groups in total. The molecular weight excluding hydrogens is 349 g/mol. The average molecular weight is 371 g/mol. The molecule has 2 saturated heterocycles. The van der Waals surface area contributed by atoms with Gasteiger partial charge in [-0.2, -0.15) is 0 Å². The van der Waals surface area contributed by atoms with Crippen LogP contribution in [0.25, 0.3) is 0 Å². The van der Waals surface area contributed by atoms with E-state index in [9.17, 15) is 14.0 Å². The molecule has 2 amide bonds. The first-order valence-electron chi connectivity index (χ1n) is 9.24. The first-order chi connectivity index (χ1) is 13.0. The first kappa shape index (κ1) is 17.7. The van der Waals surface area contributed by atoms with Crippen LogP contribution in [0.3, 0.4) is 0 Å². The molecule has 1 aromatic heterocycles. The van der Waals surface area contributed by atoms with Gasteiger partial charge in [0.1, 0.15) is 11.6 Å². The maximum Gasteiger partial charge on any atom is 0.276 e. The van der Waals surface area contributed by atoms with Gasteiger partial charge in [0.15, 0.2) is 5.69 Å². The van der Waals surface area contributed by atoms with E-state index in [1.54, 1.807) is 41.0 Å². The zero-order valence-electron chi connectivity index (χ0n) is 15.3. The Morgan fingerprint density at radius 3 is 2.85 bits per heavy atom. The van der Waals surface area contributed by atoms with Crippen LogP contribution in [-0.2, 0) is 11.3 Å². The smallest absolute Gasteiger partial charge is 0.276 e. The number of likely N-dealkylation sites (tertiary alicyclic amines) is 2. The van der Waals surface area contributed by atoms with E-state index in [1.165, 1.54) is 6.07 Å². The number of amides is 2. The van der Waals surface area contributed by atoms with E-state index in [2.05, 4.69) is 5.16 Å². The van der Waals surface area contributed by atoms with Crippen molar-refractivity contribution in [1.82, 2.24) is 15.0 Å². The zero-order chi connectivity index (χ0) is 19.0. The third-order valence-electron chi connectivity index (χ3n) is 5.63. The lowest BCUT2D eigenvalue weighted by Crippen LogP contribution is -2.50. The monoisotopic (exact) mass is 371 g/mol. The number of aryl methyl sites for hydroxylation is 1. The van der Waals surface area contributed by atoms with Gasteiger partial charge in [-0.25, -0.2) is 4.39 Å². The van der Waals surface area contributed by atoms with Gasteiger partial charge in [-0.05, 0) is 32.3 Å². The highest BCUT2D eigenvalue weighted by Gasteiger charge is 2.49. The van der Waals surface area contributed by atoms with E-state index in [1.807, 2.05) is 0 Å². The Labute approximate surface area is 156 Å². The summed E-state index contributed by atoms with van der Waals surface area (Å²) < 4.78 is 19.0. The number of benzene rings is 1. The number of piperidine rings is 1. The van der Waals surface area contributed by atoms with E-state index in [-0.39, 0.29) is 29.9 Å². The highest BCUT2D eigenvalue weighted by molar-refractivity contribution is 5.94. The van der Waals surface area contributed by atoms with E-state index < -0.39 is 5.41 Å². The molecule has 2 aliphatic heterocycles. The second kappa shape index (κ2) is 6.79. The lowest BCUT2D eigenvalue weighted by molar-refractivity contribution is -0.146. The van der Waals surface area contributed by atoms with Gasteiger partial charge in [0.25, 0.3) is 5.91 Å². The van der Waals surface area contributed by atoms with Gasteiger partial charge < -0.3 is 14.3 Å². The summed E-state index contributed by atoms with van der Waals surface area (Å²) in [5.41, 5.74) is 0.223. The number of halogens is 1. The van der Waals surface area contributed by atoms with Crippen LogP contribution < -0.4 is 0 Å². The van der Waals surface area contributed by atoms with Crippen LogP contribution in [0.4, 0.5) is 4.39 Å². The highest BCUT2D eigenvalue weighted by Crippen LogP contribution is 2.41. The van der Waals surface area contributed by atoms with Gasteiger partial charge >= 0.3 is 0 Å². The predicted octanol–water partition coefficient (Wildman–Crippen LogP) is 2.78. The van der Waals surface area contributed by atoms with Gasteiger partial charge in [0.05, 0.1) is 5.41 Å². The summed E-state index contributed by atoms with van der Waals surface area (Å²) in [5.74, 6) is 0.0954. The van der Waals surface area contributed by atoms with Crippen molar-refractivity contribution in [2.45, 2.75) is 32.7 Å². The summed E-state index contributed by atoms with van der Waals surface area (Å²) in [4.78, 5) is 29.3. The summed E-state index contributed by atoms with van der Waals surface area (Å²) in [6.07, 6.45) is 2.23. The molecule has 1 spiro atoms. The number of carbonyl (C=O) groups excluding carboxylic acids is 2. The summed E-state index contributed by atoms with van der Waals surface area (Å²) in [6.45, 7) is 3.52. The summed E-state index contributed by atoms with van der Waals surface area (Å²) in [5, 5.41) is 3.79. The molecule has 1 atom stereocenters. The van der Waals surface area contributed by atoms with E-state index in [0.29, 0.717) is 37.4 Å². The Kier molecular flexibility index (Phi) is 4.45. The number of hydrogen-bond donors (Lipinski definition) is 0. The van der Waals surface area contributed by atoms with Crippen LogP contribution in [0.15, 0.2) is 34.9 Å². The minimum absolute atomic E-state index is 0.0173. The number of aromatic nitrogens is 1. The molecule has 6 nitrogen and oxygen atoms in total. The third-order valence-corrected chi connectivity index (χ3v) is 5.63. The zero-order valence-corrected chi connectivity index (χ0v) is 15.3. The molecule has 4 rings (SSSR count). The molecule has 0 aliphatic carbocycles. The standard InChI is InChI=1S/C20H22FN3O3/c1-14-11-17(22-27-14)18(25)24-10-8-20(13-24)7-4-9-23(19(20)26)12-15-5-2-3-6-16(15)21/h2-3,5-6,11H,4,7-10,12-13H2,1H3. The largest absolute Gasteiger partial charge is 0.361 e. The molecule has 27 heavy (non-hydrogen) atoms. The van der Waals surface area contributed by atoms with Gasteiger partial charge in [-0.1, -0.05) is 23.4 Å². The second-order valence-corrected chi connectivity index (χ2v) is 7.50. The van der Waals surface area contributed by atoms with Gasteiger partial charge in [-0.15, -0.1) is 0 Å². The highest BCUT2D eigenvalue weighted by atomic mass is 19.1. The molecule has 1 aromatic carbocycles. The first-order valence-corrected chi connectivity index (χ1v) is 9.24. The van der Waals surface area contributed by atoms with Crippen LogP contribution in [0, 0.1) is 18.2 Å². The molecule has 0 saturated carbocycles. The molecule has 2 aromatic rings. The van der Waals surface area contributed by atoms with Crippen molar-refractivity contribution in [3.05, 3.63) is 53.2 Å². The Morgan fingerprint density at radius 1 is 1.30 bits per heavy atom. The molecule has 3 heterocycles. The van der Waals surface area contributed by atoms with Gasteiger partial charge in [-0.3, -0.25) is 9.59 Å². The maximum absolute atomic E-state index is 14.0. The quantitative estimate of drug-likeness (QED) is 0.832. The van der Waals surface area contributed by atoms with E-state index in [0.717, 1.165) is 12.8 Å². The number of carbonyl (C=O) groups is 2. The molecule has 1 unspecified atom stereocenters. The summed E-state index contributed by atoms with van der Waals surface area (Å²) in [7, 11) is 0. The molecular formula is C20H22FN3O3. The van der Waals surface area contributed by atoms with Crippen LogP contribution in [0.1, 0.15) is 41.1 Å². The Morgan fingerprint density at radius 2 is 2.11 bits per heavy atom. The molecule has 142 valence electrons. The maximum atomic E-state index is 14.0. The van der Waals surface area contributed by atoms with Crippen LogP contribution in [0.5, 0.6) is 0 Å². The Balaban J connectivity index is 1.49. The van der Waals surface area contributed by atoms with Crippen molar-refractivity contribution < 1.29 is 18.5 Å². The lowest BCUT2D eigenvalue weighted by Gasteiger charge is -2.39. The van der Waals surface area contributed by atoms with E-state index >= 15 is 0 Å². The van der Waals surface area contributed by atoms with Gasteiger partial charge in [0, 0.05) is 37.8 Å². The summed E-state index contributed by atoms with van der Waals surface area (Å²) >= 11 is 0. The third kappa shape index (κ3) is 3.22. The SMILES string of the molecule is Cc1cc(C(=O)N2CCC3(CCCN(Cc4ccccc4F)C3=O)C2)no1. The fourth-order valence-electron chi connectivity index (χ4n) is 4.19. The predicted molar refractivity (Wildman–Crippen MR) is 95.2 cm³/mol. The molecule has 2 aliphatic rings. The van der Waals surface area contributed by atoms with Crippen LogP contribution in [0.2, 0.25) is 0 Å². The topological polar surface area (TPSA) is 66.7 Å². The van der Waals surface area contributed by atoms with Gasteiger partial charge in [0.2, 0.25) is 5.91 Å². The van der Waals surface area contributed by atoms with Crippen molar-refractivity contribution in [2.24, 2.45) is 5.41 Å². The lowest BCUT2D eigenvalue weighted by atomic mass is 9.78. The Bertz CT molecular complexity index is 881. The van der Waals surface area contributed by atoms with E-state index in [4.69, 9.17) is 4.52 Å².